The standard InChI is InChI=1S/C17H19NO3/c1-10-14(12(3)19)16(13-8-6-5-7-9-13)15(17(20)21)11(2)18(10)4/h5-9,16H,1-4H3,(H,20,21). The second-order valence-electron chi connectivity index (χ2n) is 5.26. The third-order valence-electron chi connectivity index (χ3n) is 4.11. The molecule has 1 N–H and O–H groups in total. The molecule has 1 heterocycles. The van der Waals surface area contributed by atoms with Gasteiger partial charge in [-0.3, -0.25) is 4.79 Å². The van der Waals surface area contributed by atoms with Crippen molar-refractivity contribution in [2.45, 2.75) is 26.7 Å². The highest BCUT2D eigenvalue weighted by molar-refractivity contribution is 6.01. The van der Waals surface area contributed by atoms with E-state index in [1.54, 1.807) is 18.9 Å². The van der Waals surface area contributed by atoms with Crippen molar-refractivity contribution >= 4 is 11.8 Å². The summed E-state index contributed by atoms with van der Waals surface area (Å²) in [5.74, 6) is -1.60. The predicted molar refractivity (Wildman–Crippen MR) is 80.7 cm³/mol. The molecule has 1 atom stereocenters. The quantitative estimate of drug-likeness (QED) is 0.927. The SMILES string of the molecule is CC(=O)C1=C(C)N(C)C(C)=C(C(=O)O)C1c1ccccc1. The summed E-state index contributed by atoms with van der Waals surface area (Å²) in [5, 5.41) is 9.63. The Labute approximate surface area is 124 Å². The monoisotopic (exact) mass is 285 g/mol. The zero-order valence-corrected chi connectivity index (χ0v) is 12.7. The lowest BCUT2D eigenvalue weighted by Gasteiger charge is -2.35. The number of nitrogens with zero attached hydrogens (tertiary/aromatic N) is 1. The lowest BCUT2D eigenvalue weighted by Crippen LogP contribution is -2.31. The number of benzene rings is 1. The summed E-state index contributed by atoms with van der Waals surface area (Å²) < 4.78 is 0. The highest BCUT2D eigenvalue weighted by Crippen LogP contribution is 2.41. The number of carbonyl (C=O) groups excluding carboxylic acids is 1. The van der Waals surface area contributed by atoms with E-state index in [9.17, 15) is 14.7 Å². The fraction of sp³-hybridized carbons (Fsp3) is 0.294. The number of carboxylic acid groups (broad SMARTS) is 1. The summed E-state index contributed by atoms with van der Waals surface area (Å²) in [5.41, 5.74) is 3.11. The fourth-order valence-electron chi connectivity index (χ4n) is 2.89. The molecule has 110 valence electrons. The van der Waals surface area contributed by atoms with Crippen molar-refractivity contribution in [2.24, 2.45) is 0 Å². The molecule has 1 unspecified atom stereocenters. The van der Waals surface area contributed by atoms with Gasteiger partial charge in [0, 0.05) is 29.9 Å². The van der Waals surface area contributed by atoms with Crippen LogP contribution in [0.5, 0.6) is 0 Å². The molecule has 0 spiro atoms. The Kier molecular flexibility index (Phi) is 3.98. The van der Waals surface area contributed by atoms with Crippen molar-refractivity contribution in [3.8, 4) is 0 Å². The van der Waals surface area contributed by atoms with Crippen molar-refractivity contribution in [3.05, 3.63) is 58.4 Å². The Bertz CT molecular complexity index is 618. The number of hydrogen-bond donors (Lipinski definition) is 1. The van der Waals surface area contributed by atoms with E-state index >= 15 is 0 Å². The normalized spacial score (nSPS) is 19.0. The molecule has 1 aromatic carbocycles. The summed E-state index contributed by atoms with van der Waals surface area (Å²) in [7, 11) is 1.79. The van der Waals surface area contributed by atoms with Gasteiger partial charge < -0.3 is 10.0 Å². The molecule has 0 saturated heterocycles. The van der Waals surface area contributed by atoms with Crippen molar-refractivity contribution in [2.75, 3.05) is 7.05 Å². The first kappa shape index (κ1) is 15.0. The Morgan fingerprint density at radius 3 is 2.05 bits per heavy atom. The van der Waals surface area contributed by atoms with Gasteiger partial charge in [0.2, 0.25) is 0 Å². The molecule has 2 rings (SSSR count). The summed E-state index contributed by atoms with van der Waals surface area (Å²) in [6.45, 7) is 5.12. The molecule has 0 saturated carbocycles. The Morgan fingerprint density at radius 2 is 1.57 bits per heavy atom. The number of ketones is 1. The van der Waals surface area contributed by atoms with Crippen LogP contribution in [0.2, 0.25) is 0 Å². The minimum atomic E-state index is -0.987. The highest BCUT2D eigenvalue weighted by atomic mass is 16.4. The fourth-order valence-corrected chi connectivity index (χ4v) is 2.89. The molecule has 0 fully saturated rings. The lowest BCUT2D eigenvalue weighted by atomic mass is 9.78. The van der Waals surface area contributed by atoms with E-state index in [1.165, 1.54) is 6.92 Å². The number of aliphatic carboxylic acids is 1. The van der Waals surface area contributed by atoms with Crippen molar-refractivity contribution in [1.29, 1.82) is 0 Å². The van der Waals surface area contributed by atoms with Gasteiger partial charge in [0.25, 0.3) is 0 Å². The first-order valence-corrected chi connectivity index (χ1v) is 6.80. The van der Waals surface area contributed by atoms with E-state index in [1.807, 2.05) is 37.3 Å². The summed E-state index contributed by atoms with van der Waals surface area (Å²) in [6, 6.07) is 9.31. The molecule has 0 radical (unpaired) electrons. The zero-order chi connectivity index (χ0) is 15.7. The number of carboxylic acids is 1. The van der Waals surface area contributed by atoms with Gasteiger partial charge in [-0.05, 0) is 26.3 Å². The summed E-state index contributed by atoms with van der Waals surface area (Å²) in [6.07, 6.45) is 0. The van der Waals surface area contributed by atoms with Crippen LogP contribution in [-0.2, 0) is 9.59 Å². The van der Waals surface area contributed by atoms with E-state index in [0.29, 0.717) is 11.3 Å². The zero-order valence-electron chi connectivity index (χ0n) is 12.7. The van der Waals surface area contributed by atoms with Gasteiger partial charge in [-0.2, -0.15) is 0 Å². The van der Waals surface area contributed by atoms with Crippen LogP contribution in [0.1, 0.15) is 32.3 Å². The van der Waals surface area contributed by atoms with Crippen molar-refractivity contribution in [3.63, 3.8) is 0 Å². The van der Waals surface area contributed by atoms with E-state index < -0.39 is 11.9 Å². The molecule has 4 heteroatoms. The summed E-state index contributed by atoms with van der Waals surface area (Å²) in [4.78, 5) is 25.6. The van der Waals surface area contributed by atoms with Crippen LogP contribution in [0, 0.1) is 0 Å². The molecular formula is C17H19NO3. The minimum Gasteiger partial charge on any atom is -0.478 e. The van der Waals surface area contributed by atoms with Crippen LogP contribution in [0.4, 0.5) is 0 Å². The number of Topliss-reactive ketones (excluding diaryl/α,β-unsaturated/α-hetero) is 1. The third kappa shape index (κ3) is 2.49. The second kappa shape index (κ2) is 5.56. The maximum Gasteiger partial charge on any atom is 0.334 e. The topological polar surface area (TPSA) is 57.6 Å². The molecule has 1 aliphatic heterocycles. The number of rotatable bonds is 3. The first-order chi connectivity index (χ1) is 9.86. The Hall–Kier alpha value is -2.36. The summed E-state index contributed by atoms with van der Waals surface area (Å²) >= 11 is 0. The Balaban J connectivity index is 2.74. The molecule has 0 aromatic heterocycles. The third-order valence-corrected chi connectivity index (χ3v) is 4.11. The molecule has 21 heavy (non-hydrogen) atoms. The molecule has 1 aromatic rings. The van der Waals surface area contributed by atoms with E-state index in [-0.39, 0.29) is 11.4 Å². The molecule has 0 bridgehead atoms. The number of allylic oxidation sites excluding steroid dienone is 3. The van der Waals surface area contributed by atoms with Crippen LogP contribution in [0.15, 0.2) is 52.9 Å². The highest BCUT2D eigenvalue weighted by Gasteiger charge is 2.36. The molecule has 0 aliphatic carbocycles. The molecule has 4 nitrogen and oxygen atoms in total. The van der Waals surface area contributed by atoms with E-state index in [2.05, 4.69) is 0 Å². The maximum atomic E-state index is 12.1. The predicted octanol–water partition coefficient (Wildman–Crippen LogP) is 2.94. The average molecular weight is 285 g/mol. The maximum absolute atomic E-state index is 12.1. The number of carbonyl (C=O) groups is 2. The van der Waals surface area contributed by atoms with Gasteiger partial charge in [-0.25, -0.2) is 4.79 Å². The Morgan fingerprint density at radius 1 is 1.05 bits per heavy atom. The first-order valence-electron chi connectivity index (χ1n) is 6.80. The van der Waals surface area contributed by atoms with Crippen LogP contribution in [0.25, 0.3) is 0 Å². The van der Waals surface area contributed by atoms with E-state index in [0.717, 1.165) is 11.3 Å². The van der Waals surface area contributed by atoms with Gasteiger partial charge in [-0.15, -0.1) is 0 Å². The molecule has 0 amide bonds. The second-order valence-corrected chi connectivity index (χ2v) is 5.26. The van der Waals surface area contributed by atoms with Gasteiger partial charge in [0.05, 0.1) is 5.57 Å². The smallest absolute Gasteiger partial charge is 0.334 e. The number of hydrogen-bond acceptors (Lipinski definition) is 3. The average Bonchev–Trinajstić information content (AvgIpc) is 2.44. The van der Waals surface area contributed by atoms with Crippen LogP contribution in [-0.4, -0.2) is 28.8 Å². The molecular weight excluding hydrogens is 266 g/mol. The van der Waals surface area contributed by atoms with Gasteiger partial charge in [-0.1, -0.05) is 30.3 Å². The van der Waals surface area contributed by atoms with Crippen LogP contribution >= 0.6 is 0 Å². The van der Waals surface area contributed by atoms with Gasteiger partial charge in [0.1, 0.15) is 0 Å². The van der Waals surface area contributed by atoms with Crippen molar-refractivity contribution < 1.29 is 14.7 Å². The molecule has 1 aliphatic rings. The lowest BCUT2D eigenvalue weighted by molar-refractivity contribution is -0.133. The van der Waals surface area contributed by atoms with Crippen molar-refractivity contribution in [1.82, 2.24) is 4.90 Å². The van der Waals surface area contributed by atoms with E-state index in [4.69, 9.17) is 0 Å². The van der Waals surface area contributed by atoms with Crippen LogP contribution < -0.4 is 0 Å². The van der Waals surface area contributed by atoms with Crippen LogP contribution in [0.3, 0.4) is 0 Å². The largest absolute Gasteiger partial charge is 0.478 e. The van der Waals surface area contributed by atoms with Gasteiger partial charge >= 0.3 is 5.97 Å². The van der Waals surface area contributed by atoms with Gasteiger partial charge in [0.15, 0.2) is 5.78 Å². The minimum absolute atomic E-state index is 0.0977.